The number of hydrogen-bond acceptors (Lipinski definition) is 4. The van der Waals surface area contributed by atoms with Gasteiger partial charge in [-0.05, 0) is 32.0 Å². The van der Waals surface area contributed by atoms with Gasteiger partial charge in [-0.2, -0.15) is 0 Å². The van der Waals surface area contributed by atoms with Gasteiger partial charge in [0.1, 0.15) is 11.6 Å². The van der Waals surface area contributed by atoms with Crippen molar-refractivity contribution >= 4 is 5.78 Å². The molecular weight excluding hydrogens is 214 g/mol. The minimum absolute atomic E-state index is 0.0579. The molecule has 0 saturated heterocycles. The van der Waals surface area contributed by atoms with Gasteiger partial charge in [0, 0.05) is 11.9 Å². The zero-order valence-corrected chi connectivity index (χ0v) is 9.84. The molecule has 4 nitrogen and oxygen atoms in total. The molecular formula is C13H13N3O. The highest BCUT2D eigenvalue weighted by Crippen LogP contribution is 2.14. The molecule has 0 atom stereocenters. The second kappa shape index (κ2) is 4.82. The second-order valence-corrected chi connectivity index (χ2v) is 3.90. The summed E-state index contributed by atoms with van der Waals surface area (Å²) >= 11 is 0. The number of aryl methyl sites for hydroxylation is 1. The third-order valence-electron chi connectivity index (χ3n) is 2.23. The van der Waals surface area contributed by atoms with Crippen LogP contribution in [0.2, 0.25) is 0 Å². The maximum absolute atomic E-state index is 11.1. The highest BCUT2D eigenvalue weighted by Gasteiger charge is 2.07. The molecule has 0 radical (unpaired) electrons. The number of pyridine rings is 1. The van der Waals surface area contributed by atoms with Gasteiger partial charge in [-0.1, -0.05) is 6.07 Å². The second-order valence-electron chi connectivity index (χ2n) is 3.90. The third kappa shape index (κ3) is 2.93. The van der Waals surface area contributed by atoms with Gasteiger partial charge in [-0.15, -0.1) is 0 Å². The first-order valence-electron chi connectivity index (χ1n) is 5.40. The summed E-state index contributed by atoms with van der Waals surface area (Å²) in [5, 5.41) is 0. The highest BCUT2D eigenvalue weighted by molar-refractivity contribution is 5.77. The zero-order chi connectivity index (χ0) is 12.3. The number of aromatic nitrogens is 3. The van der Waals surface area contributed by atoms with Crippen LogP contribution in [-0.2, 0) is 11.2 Å². The Hall–Kier alpha value is -2.10. The van der Waals surface area contributed by atoms with Crippen LogP contribution in [0.5, 0.6) is 0 Å². The number of ketones is 1. The lowest BCUT2D eigenvalue weighted by atomic mass is 10.2. The van der Waals surface area contributed by atoms with E-state index >= 15 is 0 Å². The molecule has 0 aromatic carbocycles. The SMILES string of the molecule is CC(=O)Cc1nc(C)cc(-c2ccccn2)n1. The number of carbonyl (C=O) groups excluding carboxylic acids is 1. The Bertz CT molecular complexity index is 538. The van der Waals surface area contributed by atoms with Gasteiger partial charge >= 0.3 is 0 Å². The van der Waals surface area contributed by atoms with E-state index in [9.17, 15) is 4.79 Å². The Morgan fingerprint density at radius 3 is 2.71 bits per heavy atom. The minimum atomic E-state index is 0.0579. The summed E-state index contributed by atoms with van der Waals surface area (Å²) in [6.45, 7) is 3.42. The summed E-state index contributed by atoms with van der Waals surface area (Å²) in [5.41, 5.74) is 2.40. The molecule has 0 fully saturated rings. The van der Waals surface area contributed by atoms with Crippen LogP contribution < -0.4 is 0 Å². The van der Waals surface area contributed by atoms with Crippen molar-refractivity contribution in [2.45, 2.75) is 20.3 Å². The summed E-state index contributed by atoms with van der Waals surface area (Å²) in [6, 6.07) is 7.52. The molecule has 0 aliphatic rings. The average Bonchev–Trinajstić information content (AvgIpc) is 2.28. The van der Waals surface area contributed by atoms with Crippen molar-refractivity contribution in [3.8, 4) is 11.4 Å². The Kier molecular flexibility index (Phi) is 3.23. The monoisotopic (exact) mass is 227 g/mol. The quantitative estimate of drug-likeness (QED) is 0.804. The van der Waals surface area contributed by atoms with E-state index in [0.29, 0.717) is 5.82 Å². The Labute approximate surface area is 99.8 Å². The topological polar surface area (TPSA) is 55.7 Å². The molecule has 0 amide bonds. The van der Waals surface area contributed by atoms with E-state index in [4.69, 9.17) is 0 Å². The van der Waals surface area contributed by atoms with Crippen LogP contribution in [0, 0.1) is 6.92 Å². The first kappa shape index (κ1) is 11.4. The molecule has 2 aromatic heterocycles. The molecule has 17 heavy (non-hydrogen) atoms. The normalized spacial score (nSPS) is 10.2. The molecule has 0 saturated carbocycles. The van der Waals surface area contributed by atoms with E-state index in [-0.39, 0.29) is 12.2 Å². The minimum Gasteiger partial charge on any atom is -0.300 e. The van der Waals surface area contributed by atoms with Crippen LogP contribution in [0.1, 0.15) is 18.4 Å². The molecule has 0 aliphatic heterocycles. The molecule has 0 unspecified atom stereocenters. The van der Waals surface area contributed by atoms with Crippen LogP contribution in [0.4, 0.5) is 0 Å². The lowest BCUT2D eigenvalue weighted by Crippen LogP contribution is -2.04. The van der Waals surface area contributed by atoms with E-state index in [0.717, 1.165) is 17.1 Å². The van der Waals surface area contributed by atoms with E-state index < -0.39 is 0 Å². The van der Waals surface area contributed by atoms with Crippen molar-refractivity contribution in [3.05, 3.63) is 42.0 Å². The fourth-order valence-electron chi connectivity index (χ4n) is 1.58. The van der Waals surface area contributed by atoms with Gasteiger partial charge in [-0.3, -0.25) is 9.78 Å². The zero-order valence-electron chi connectivity index (χ0n) is 9.84. The van der Waals surface area contributed by atoms with Gasteiger partial charge in [0.25, 0.3) is 0 Å². The van der Waals surface area contributed by atoms with Gasteiger partial charge in [0.2, 0.25) is 0 Å². The molecule has 0 spiro atoms. The van der Waals surface area contributed by atoms with Gasteiger partial charge in [-0.25, -0.2) is 9.97 Å². The summed E-state index contributed by atoms with van der Waals surface area (Å²) in [7, 11) is 0. The van der Waals surface area contributed by atoms with Gasteiger partial charge < -0.3 is 0 Å². The van der Waals surface area contributed by atoms with E-state index in [1.165, 1.54) is 6.92 Å². The molecule has 0 aliphatic carbocycles. The molecule has 4 heteroatoms. The molecule has 2 aromatic rings. The van der Waals surface area contributed by atoms with Crippen molar-refractivity contribution in [2.24, 2.45) is 0 Å². The maximum Gasteiger partial charge on any atom is 0.137 e. The highest BCUT2D eigenvalue weighted by atomic mass is 16.1. The number of carbonyl (C=O) groups is 1. The van der Waals surface area contributed by atoms with Crippen molar-refractivity contribution in [1.82, 2.24) is 15.0 Å². The van der Waals surface area contributed by atoms with Gasteiger partial charge in [0.15, 0.2) is 0 Å². The largest absolute Gasteiger partial charge is 0.300 e. The van der Waals surface area contributed by atoms with Crippen LogP contribution in [0.3, 0.4) is 0 Å². The number of nitrogens with zero attached hydrogens (tertiary/aromatic N) is 3. The summed E-state index contributed by atoms with van der Waals surface area (Å²) in [5.74, 6) is 0.612. The van der Waals surface area contributed by atoms with Gasteiger partial charge in [0.05, 0.1) is 17.8 Å². The predicted octanol–water partition coefficient (Wildman–Crippen LogP) is 1.98. The summed E-state index contributed by atoms with van der Waals surface area (Å²) < 4.78 is 0. The fraction of sp³-hybridized carbons (Fsp3) is 0.231. The molecule has 2 rings (SSSR count). The van der Waals surface area contributed by atoms with Crippen LogP contribution >= 0.6 is 0 Å². The first-order chi connectivity index (χ1) is 8.15. The van der Waals surface area contributed by atoms with Crippen molar-refractivity contribution in [1.29, 1.82) is 0 Å². The number of hydrogen-bond donors (Lipinski definition) is 0. The van der Waals surface area contributed by atoms with Crippen LogP contribution in [-0.4, -0.2) is 20.7 Å². The maximum atomic E-state index is 11.1. The fourth-order valence-corrected chi connectivity index (χ4v) is 1.58. The summed E-state index contributed by atoms with van der Waals surface area (Å²) in [4.78, 5) is 23.9. The van der Waals surface area contributed by atoms with E-state index in [2.05, 4.69) is 15.0 Å². The van der Waals surface area contributed by atoms with Crippen LogP contribution in [0.25, 0.3) is 11.4 Å². The number of rotatable bonds is 3. The lowest BCUT2D eigenvalue weighted by molar-refractivity contribution is -0.116. The van der Waals surface area contributed by atoms with Crippen molar-refractivity contribution < 1.29 is 4.79 Å². The average molecular weight is 227 g/mol. The van der Waals surface area contributed by atoms with E-state index in [1.807, 2.05) is 31.2 Å². The summed E-state index contributed by atoms with van der Waals surface area (Å²) in [6.07, 6.45) is 1.99. The Morgan fingerprint density at radius 2 is 2.06 bits per heavy atom. The van der Waals surface area contributed by atoms with Crippen molar-refractivity contribution in [2.75, 3.05) is 0 Å². The predicted molar refractivity (Wildman–Crippen MR) is 64.4 cm³/mol. The molecule has 2 heterocycles. The lowest BCUT2D eigenvalue weighted by Gasteiger charge is -2.04. The van der Waals surface area contributed by atoms with Crippen molar-refractivity contribution in [3.63, 3.8) is 0 Å². The third-order valence-corrected chi connectivity index (χ3v) is 2.23. The standard InChI is InChI=1S/C13H13N3O/c1-9-7-12(11-5-3-4-6-14-11)16-13(15-9)8-10(2)17/h3-7H,8H2,1-2H3. The Balaban J connectivity index is 2.42. The van der Waals surface area contributed by atoms with Crippen LogP contribution in [0.15, 0.2) is 30.5 Å². The first-order valence-corrected chi connectivity index (χ1v) is 5.40. The molecule has 0 N–H and O–H groups in total. The Morgan fingerprint density at radius 1 is 1.24 bits per heavy atom. The van der Waals surface area contributed by atoms with E-state index in [1.54, 1.807) is 6.20 Å². The molecule has 86 valence electrons. The molecule has 0 bridgehead atoms. The smallest absolute Gasteiger partial charge is 0.137 e. The number of Topliss-reactive ketones (excluding diaryl/α,β-unsaturated/α-hetero) is 1.